The smallest absolute Gasteiger partial charge is 0.115 e. The quantitative estimate of drug-likeness (QED) is 0.297. The lowest BCUT2D eigenvalue weighted by Crippen LogP contribution is -2.01. The van der Waals surface area contributed by atoms with Gasteiger partial charge in [0.15, 0.2) is 0 Å². The van der Waals surface area contributed by atoms with E-state index in [1.165, 1.54) is 16.7 Å². The summed E-state index contributed by atoms with van der Waals surface area (Å²) >= 11 is 4.85. The molecule has 3 N–H and O–H groups in total. The number of benzene rings is 1. The molecule has 0 aliphatic rings. The summed E-state index contributed by atoms with van der Waals surface area (Å²) in [6, 6.07) is 7.41. The van der Waals surface area contributed by atoms with Gasteiger partial charge in [-0.05, 0) is 86.9 Å². The molecule has 1 aromatic carbocycles. The number of phenolic OH excluding ortho intramolecular Hbond substituents is 1. The molecule has 0 radical (unpaired) electrons. The molecule has 0 spiro atoms. The van der Waals surface area contributed by atoms with Gasteiger partial charge in [0.2, 0.25) is 0 Å². The normalized spacial score (nSPS) is 13.7. The van der Waals surface area contributed by atoms with E-state index in [2.05, 4.69) is 26.8 Å². The van der Waals surface area contributed by atoms with Gasteiger partial charge in [0.25, 0.3) is 0 Å². The van der Waals surface area contributed by atoms with Gasteiger partial charge in [-0.1, -0.05) is 30.4 Å². The van der Waals surface area contributed by atoms with Gasteiger partial charge >= 0.3 is 0 Å². The number of rotatable bonds is 8. The molecular formula is C20H27NOS. The first-order valence-corrected chi connectivity index (χ1v) is 8.45. The molecule has 1 rings (SSSR count). The number of thiocarbonyl (C=S) groups is 1. The van der Waals surface area contributed by atoms with Crippen LogP contribution >= 0.6 is 12.2 Å². The number of aryl methyl sites for hydroxylation is 1. The first kappa shape index (κ1) is 19.2. The number of unbranched alkanes of at least 4 members (excludes halogenated alkanes) is 1. The van der Waals surface area contributed by atoms with E-state index in [1.54, 1.807) is 17.5 Å². The number of hydrogen-bond donors (Lipinski definition) is 2. The van der Waals surface area contributed by atoms with Crippen LogP contribution in [0.5, 0.6) is 5.75 Å². The van der Waals surface area contributed by atoms with Crippen LogP contribution in [-0.4, -0.2) is 10.5 Å². The van der Waals surface area contributed by atoms with Gasteiger partial charge in [0.1, 0.15) is 5.75 Å². The average Bonchev–Trinajstić information content (AvgIpc) is 2.53. The number of allylic oxidation sites excluding steroid dienone is 6. The van der Waals surface area contributed by atoms with Gasteiger partial charge in [-0.25, -0.2) is 0 Å². The summed E-state index contributed by atoms with van der Waals surface area (Å²) in [4.78, 5) is 0. The zero-order chi connectivity index (χ0) is 17.2. The van der Waals surface area contributed by atoms with Crippen LogP contribution in [-0.2, 0) is 6.42 Å². The van der Waals surface area contributed by atoms with Crippen LogP contribution in [0.25, 0.3) is 0 Å². The number of aromatic hydroxyl groups is 1. The molecule has 3 heteroatoms. The number of hydrogen-bond acceptors (Lipinski definition) is 3. The fourth-order valence-electron chi connectivity index (χ4n) is 2.27. The molecule has 0 aliphatic heterocycles. The predicted molar refractivity (Wildman–Crippen MR) is 104 cm³/mol. The Bertz CT molecular complexity index is 609. The lowest BCUT2D eigenvalue weighted by atomic mass is 10.0. The number of phenols is 1. The Morgan fingerprint density at radius 1 is 1.09 bits per heavy atom. The Balaban J connectivity index is 2.49. The third-order valence-electron chi connectivity index (χ3n) is 3.98. The average molecular weight is 330 g/mol. The SMILES string of the molecule is CC(=CC=S)C(C)=CC(C)=C(N)CCCCc1ccc(O)cc1. The van der Waals surface area contributed by atoms with Crippen molar-refractivity contribution in [2.24, 2.45) is 5.73 Å². The highest BCUT2D eigenvalue weighted by atomic mass is 32.1. The van der Waals surface area contributed by atoms with Crippen LogP contribution in [0.4, 0.5) is 0 Å². The van der Waals surface area contributed by atoms with Crippen molar-refractivity contribution in [3.05, 3.63) is 64.4 Å². The molecule has 0 aromatic heterocycles. The Hall–Kier alpha value is -1.87. The minimum absolute atomic E-state index is 0.316. The van der Waals surface area contributed by atoms with E-state index in [0.29, 0.717) is 5.75 Å². The second kappa shape index (κ2) is 10.0. The third-order valence-corrected chi connectivity index (χ3v) is 4.11. The second-order valence-electron chi connectivity index (χ2n) is 5.89. The van der Waals surface area contributed by atoms with Crippen molar-refractivity contribution in [2.75, 3.05) is 0 Å². The first-order chi connectivity index (χ1) is 10.9. The summed E-state index contributed by atoms with van der Waals surface area (Å²) < 4.78 is 0. The van der Waals surface area contributed by atoms with Gasteiger partial charge in [0.05, 0.1) is 0 Å². The molecule has 0 heterocycles. The highest BCUT2D eigenvalue weighted by Crippen LogP contribution is 2.16. The van der Waals surface area contributed by atoms with Crippen molar-refractivity contribution in [3.63, 3.8) is 0 Å². The van der Waals surface area contributed by atoms with Gasteiger partial charge in [-0.3, -0.25) is 0 Å². The molecule has 1 aromatic rings. The molecule has 0 unspecified atom stereocenters. The Labute approximate surface area is 145 Å². The van der Waals surface area contributed by atoms with Gasteiger partial charge in [-0.15, -0.1) is 0 Å². The fraction of sp³-hybridized carbons (Fsp3) is 0.350. The summed E-state index contributed by atoms with van der Waals surface area (Å²) in [5, 5.41) is 10.9. The van der Waals surface area contributed by atoms with Crippen molar-refractivity contribution in [3.8, 4) is 5.75 Å². The van der Waals surface area contributed by atoms with Crippen molar-refractivity contribution >= 4 is 17.6 Å². The van der Waals surface area contributed by atoms with Crippen molar-refractivity contribution in [2.45, 2.75) is 46.5 Å². The highest BCUT2D eigenvalue weighted by molar-refractivity contribution is 7.79. The first-order valence-electron chi connectivity index (χ1n) is 7.98. The van der Waals surface area contributed by atoms with Crippen LogP contribution in [0.1, 0.15) is 45.6 Å². The summed E-state index contributed by atoms with van der Waals surface area (Å²) in [5.41, 5.74) is 11.9. The fourth-order valence-corrected chi connectivity index (χ4v) is 2.47. The maximum absolute atomic E-state index is 9.27. The van der Waals surface area contributed by atoms with Crippen molar-refractivity contribution in [1.82, 2.24) is 0 Å². The van der Waals surface area contributed by atoms with E-state index in [1.807, 2.05) is 18.2 Å². The van der Waals surface area contributed by atoms with E-state index >= 15 is 0 Å². The van der Waals surface area contributed by atoms with E-state index in [4.69, 9.17) is 18.0 Å². The van der Waals surface area contributed by atoms with E-state index in [-0.39, 0.29) is 0 Å². The Morgan fingerprint density at radius 3 is 2.35 bits per heavy atom. The Kier molecular flexibility index (Phi) is 8.35. The van der Waals surface area contributed by atoms with E-state index in [0.717, 1.165) is 37.0 Å². The van der Waals surface area contributed by atoms with E-state index in [9.17, 15) is 5.11 Å². The van der Waals surface area contributed by atoms with Crippen molar-refractivity contribution < 1.29 is 5.11 Å². The zero-order valence-corrected chi connectivity index (χ0v) is 15.1. The molecule has 0 fully saturated rings. The van der Waals surface area contributed by atoms with Crippen LogP contribution in [0.15, 0.2) is 58.8 Å². The molecule has 0 saturated carbocycles. The minimum atomic E-state index is 0.316. The largest absolute Gasteiger partial charge is 0.508 e. The van der Waals surface area contributed by atoms with Gasteiger partial charge in [0, 0.05) is 11.1 Å². The van der Waals surface area contributed by atoms with Gasteiger partial charge < -0.3 is 10.8 Å². The van der Waals surface area contributed by atoms with Crippen LogP contribution in [0, 0.1) is 0 Å². The lowest BCUT2D eigenvalue weighted by molar-refractivity contribution is 0.475. The summed E-state index contributed by atoms with van der Waals surface area (Å²) in [5.74, 6) is 0.316. The van der Waals surface area contributed by atoms with Crippen LogP contribution in [0.3, 0.4) is 0 Å². The molecule has 0 aliphatic carbocycles. The van der Waals surface area contributed by atoms with Crippen molar-refractivity contribution in [1.29, 1.82) is 0 Å². The molecule has 0 amide bonds. The third kappa shape index (κ3) is 7.29. The lowest BCUT2D eigenvalue weighted by Gasteiger charge is -2.07. The molecule has 0 bridgehead atoms. The maximum atomic E-state index is 9.27. The minimum Gasteiger partial charge on any atom is -0.508 e. The summed E-state index contributed by atoms with van der Waals surface area (Å²) in [7, 11) is 0. The molecule has 124 valence electrons. The molecular weight excluding hydrogens is 302 g/mol. The Morgan fingerprint density at radius 2 is 1.74 bits per heavy atom. The molecule has 23 heavy (non-hydrogen) atoms. The number of nitrogens with two attached hydrogens (primary N) is 1. The highest BCUT2D eigenvalue weighted by Gasteiger charge is 2.00. The van der Waals surface area contributed by atoms with E-state index < -0.39 is 0 Å². The van der Waals surface area contributed by atoms with Crippen LogP contribution < -0.4 is 5.73 Å². The summed E-state index contributed by atoms with van der Waals surface area (Å²) in [6.45, 7) is 6.19. The molecule has 2 nitrogen and oxygen atoms in total. The molecule has 0 saturated heterocycles. The van der Waals surface area contributed by atoms with Gasteiger partial charge in [-0.2, -0.15) is 0 Å². The standard InChI is InChI=1S/C20H27NOS/c1-15(12-13-23)16(2)14-17(3)20(21)7-5-4-6-18-8-10-19(22)11-9-18/h8-14,22H,4-7,21H2,1-3H3. The maximum Gasteiger partial charge on any atom is 0.115 e. The summed E-state index contributed by atoms with van der Waals surface area (Å²) in [6.07, 6.45) is 8.13. The zero-order valence-electron chi connectivity index (χ0n) is 14.3. The monoisotopic (exact) mass is 329 g/mol. The van der Waals surface area contributed by atoms with Crippen LogP contribution in [0.2, 0.25) is 0 Å². The topological polar surface area (TPSA) is 46.2 Å². The predicted octanol–water partition coefficient (Wildman–Crippen LogP) is 5.23. The molecule has 0 atom stereocenters. The second-order valence-corrected chi connectivity index (χ2v) is 6.17.